The van der Waals surface area contributed by atoms with Gasteiger partial charge in [0.15, 0.2) is 0 Å². The van der Waals surface area contributed by atoms with Crippen molar-refractivity contribution in [1.29, 1.82) is 0 Å². The van der Waals surface area contributed by atoms with E-state index in [9.17, 15) is 66.5 Å². The minimum absolute atomic E-state index is 0.250. The molecule has 0 aliphatic heterocycles. The van der Waals surface area contributed by atoms with Crippen molar-refractivity contribution in [2.75, 3.05) is 34.3 Å². The zero-order valence-corrected chi connectivity index (χ0v) is 19.1. The monoisotopic (exact) mass is 570 g/mol. The van der Waals surface area contributed by atoms with Crippen LogP contribution in [0.1, 0.15) is 19.3 Å². The van der Waals surface area contributed by atoms with E-state index in [1.54, 1.807) is 21.1 Å². The highest BCUT2D eigenvalue weighted by Crippen LogP contribution is 2.60. The number of quaternary nitrogens is 1. The van der Waals surface area contributed by atoms with Crippen LogP contribution in [0.25, 0.3) is 0 Å². The molecule has 0 aromatic carbocycles. The van der Waals surface area contributed by atoms with E-state index in [1.807, 2.05) is 0 Å². The van der Waals surface area contributed by atoms with Crippen LogP contribution in [0, 0.1) is 0 Å². The first-order chi connectivity index (χ1) is 15.2. The maximum atomic E-state index is 13.6. The molecule has 0 saturated carbocycles. The lowest BCUT2D eigenvalue weighted by Crippen LogP contribution is -2.70. The second-order valence-electron chi connectivity index (χ2n) is 8.18. The van der Waals surface area contributed by atoms with Gasteiger partial charge < -0.3 is 9.01 Å². The van der Waals surface area contributed by atoms with Gasteiger partial charge in [-0.2, -0.15) is 57.1 Å². The molecular weight excluding hydrogens is 548 g/mol. The Morgan fingerprint density at radius 3 is 1.69 bits per heavy atom. The van der Waals surface area contributed by atoms with Crippen molar-refractivity contribution in [2.45, 2.75) is 55.1 Å². The van der Waals surface area contributed by atoms with E-state index in [2.05, 4.69) is 9.05 Å². The zero-order chi connectivity index (χ0) is 28.4. The largest absolute Gasteiger partial charge is 0.527 e. The van der Waals surface area contributed by atoms with Crippen molar-refractivity contribution < 1.29 is 80.1 Å². The molecule has 5 nitrogen and oxygen atoms in total. The molecule has 0 rings (SSSR count). The third kappa shape index (κ3) is 7.86. The van der Waals surface area contributed by atoms with E-state index in [0.717, 1.165) is 0 Å². The first-order valence-electron chi connectivity index (χ1n) is 9.23. The Labute approximate surface area is 190 Å². The summed E-state index contributed by atoms with van der Waals surface area (Å²) in [5.41, 5.74) is 0. The SMILES string of the molecule is C[N+](C)(C)CCOP(=O)(O)O/C=C/CCCC(F)(F)C(F)(F)C(F)(F)C(F)(F)C(F)(F)C(F)(F)F. The number of alkyl halides is 13. The molecule has 0 heterocycles. The highest BCUT2D eigenvalue weighted by molar-refractivity contribution is 7.47. The van der Waals surface area contributed by atoms with Crippen LogP contribution < -0.4 is 0 Å². The molecule has 0 spiro atoms. The van der Waals surface area contributed by atoms with E-state index in [1.165, 1.54) is 0 Å². The fourth-order valence-corrected chi connectivity index (χ4v) is 2.66. The minimum atomic E-state index is -7.94. The normalized spacial score (nSPS) is 17.1. The molecule has 1 N–H and O–H groups in total. The van der Waals surface area contributed by atoms with Gasteiger partial charge in [0.25, 0.3) is 0 Å². The molecule has 0 saturated heterocycles. The summed E-state index contributed by atoms with van der Waals surface area (Å²) in [4.78, 5) is 9.33. The van der Waals surface area contributed by atoms with Gasteiger partial charge in [-0.05, 0) is 18.9 Å². The average molecular weight is 570 g/mol. The van der Waals surface area contributed by atoms with Crippen LogP contribution in [0.15, 0.2) is 12.3 Å². The number of unbranched alkanes of at least 4 members (excludes halogenated alkanes) is 1. The number of likely N-dealkylation sites (N-methyl/N-ethyl adjacent to an activating group) is 1. The number of phosphoric acid groups is 1. The van der Waals surface area contributed by atoms with Crippen LogP contribution in [0.2, 0.25) is 0 Å². The molecule has 0 bridgehead atoms. The number of phosphoric ester groups is 1. The zero-order valence-electron chi connectivity index (χ0n) is 18.2. The molecule has 0 fully saturated rings. The molecule has 0 amide bonds. The van der Waals surface area contributed by atoms with E-state index in [0.29, 0.717) is 16.8 Å². The van der Waals surface area contributed by atoms with E-state index < -0.39 is 62.9 Å². The summed E-state index contributed by atoms with van der Waals surface area (Å²) < 4.78 is 189. The first kappa shape index (κ1) is 33.7. The van der Waals surface area contributed by atoms with Gasteiger partial charge in [0.05, 0.1) is 27.4 Å². The van der Waals surface area contributed by atoms with Crippen LogP contribution in [0.3, 0.4) is 0 Å². The van der Waals surface area contributed by atoms with Gasteiger partial charge >= 0.3 is 43.6 Å². The average Bonchev–Trinajstić information content (AvgIpc) is 2.61. The van der Waals surface area contributed by atoms with Crippen molar-refractivity contribution in [3.63, 3.8) is 0 Å². The molecule has 19 heteroatoms. The van der Waals surface area contributed by atoms with E-state index in [4.69, 9.17) is 0 Å². The number of hydrogen-bond acceptors (Lipinski definition) is 3. The Kier molecular flexibility index (Phi) is 10.2. The molecule has 0 aromatic rings. The lowest BCUT2D eigenvalue weighted by molar-refractivity contribution is -0.870. The predicted octanol–water partition coefficient (Wildman–Crippen LogP) is 6.25. The Balaban J connectivity index is 5.18. The van der Waals surface area contributed by atoms with Gasteiger partial charge in [-0.1, -0.05) is 0 Å². The molecular formula is C16H22F13NO4P+. The Morgan fingerprint density at radius 2 is 1.26 bits per heavy atom. The Bertz CT molecular complexity index is 778. The number of hydrogen-bond donors (Lipinski definition) is 1. The third-order valence-electron chi connectivity index (χ3n) is 4.17. The second kappa shape index (κ2) is 10.6. The molecule has 35 heavy (non-hydrogen) atoms. The van der Waals surface area contributed by atoms with Gasteiger partial charge in [0.1, 0.15) is 13.2 Å². The first-order valence-corrected chi connectivity index (χ1v) is 10.7. The summed E-state index contributed by atoms with van der Waals surface area (Å²) in [5.74, 6) is -37.0. The molecule has 0 radical (unpaired) electrons. The topological polar surface area (TPSA) is 55.8 Å². The molecule has 0 aliphatic carbocycles. The highest BCUT2D eigenvalue weighted by Gasteiger charge is 2.90. The third-order valence-corrected chi connectivity index (χ3v) is 5.06. The van der Waals surface area contributed by atoms with Crippen LogP contribution in [0.4, 0.5) is 57.1 Å². The molecule has 1 atom stereocenters. The number of allylic oxidation sites excluding steroid dienone is 1. The minimum Gasteiger partial charge on any atom is -0.412 e. The van der Waals surface area contributed by atoms with Crippen molar-refractivity contribution in [3.8, 4) is 0 Å². The van der Waals surface area contributed by atoms with Gasteiger partial charge in [0.2, 0.25) is 0 Å². The Morgan fingerprint density at radius 1 is 0.800 bits per heavy atom. The van der Waals surface area contributed by atoms with Gasteiger partial charge in [-0.15, -0.1) is 0 Å². The molecule has 0 aromatic heterocycles. The molecule has 210 valence electrons. The van der Waals surface area contributed by atoms with Crippen LogP contribution in [0.5, 0.6) is 0 Å². The Hall–Kier alpha value is -1.26. The second-order valence-corrected chi connectivity index (χ2v) is 9.59. The fourth-order valence-electron chi connectivity index (χ4n) is 2.05. The lowest BCUT2D eigenvalue weighted by atomic mass is 9.91. The molecule has 1 unspecified atom stereocenters. The molecule has 0 aliphatic rings. The summed E-state index contributed by atoms with van der Waals surface area (Å²) >= 11 is 0. The predicted molar refractivity (Wildman–Crippen MR) is 93.5 cm³/mol. The van der Waals surface area contributed by atoms with Crippen molar-refractivity contribution >= 4 is 7.82 Å². The summed E-state index contributed by atoms with van der Waals surface area (Å²) in [6.07, 6.45) is -10.8. The van der Waals surface area contributed by atoms with E-state index >= 15 is 0 Å². The van der Waals surface area contributed by atoms with Crippen molar-refractivity contribution in [3.05, 3.63) is 12.3 Å². The fraction of sp³-hybridized carbons (Fsp3) is 0.875. The number of rotatable bonds is 14. The highest BCUT2D eigenvalue weighted by atomic mass is 31.2. The van der Waals surface area contributed by atoms with Crippen LogP contribution >= 0.6 is 7.82 Å². The van der Waals surface area contributed by atoms with Gasteiger partial charge in [-0.3, -0.25) is 9.42 Å². The number of nitrogens with zero attached hydrogens (tertiary/aromatic N) is 1. The van der Waals surface area contributed by atoms with Gasteiger partial charge in [-0.25, -0.2) is 4.57 Å². The quantitative estimate of drug-likeness (QED) is 0.0883. The summed E-state index contributed by atoms with van der Waals surface area (Å²) in [6, 6.07) is 0. The number of halogens is 13. The van der Waals surface area contributed by atoms with Crippen LogP contribution in [-0.2, 0) is 13.6 Å². The summed E-state index contributed by atoms with van der Waals surface area (Å²) in [5, 5.41) is 0. The van der Waals surface area contributed by atoms with Crippen molar-refractivity contribution in [2.24, 2.45) is 0 Å². The van der Waals surface area contributed by atoms with Gasteiger partial charge in [0, 0.05) is 6.42 Å². The summed E-state index contributed by atoms with van der Waals surface area (Å²) in [6.45, 7) is -0.0157. The lowest BCUT2D eigenvalue weighted by Gasteiger charge is -2.39. The maximum absolute atomic E-state index is 13.6. The smallest absolute Gasteiger partial charge is 0.412 e. The maximum Gasteiger partial charge on any atom is 0.527 e. The van der Waals surface area contributed by atoms with E-state index in [-0.39, 0.29) is 13.2 Å². The van der Waals surface area contributed by atoms with Crippen molar-refractivity contribution in [1.82, 2.24) is 0 Å². The summed E-state index contributed by atoms with van der Waals surface area (Å²) in [7, 11) is 0.471. The van der Waals surface area contributed by atoms with Crippen LogP contribution in [-0.4, -0.2) is 79.5 Å². The standard InChI is InChI=1S/C16H21F13NO4P/c1-30(2,3)8-10-34-35(31,32)33-9-6-4-5-7-11(17,18)12(19,20)13(21,22)14(23,24)15(25,26)16(27,28)29/h6,9H,4-5,7-8,10H2,1-3H3/p+1/b9-6+.